The van der Waals surface area contributed by atoms with E-state index >= 15 is 0 Å². The van der Waals surface area contributed by atoms with Gasteiger partial charge in [0.1, 0.15) is 0 Å². The van der Waals surface area contributed by atoms with Crippen molar-refractivity contribution in [3.8, 4) is 12.1 Å². The van der Waals surface area contributed by atoms with E-state index in [1.807, 2.05) is 53.4 Å². The Morgan fingerprint density at radius 2 is 1.48 bits per heavy atom. The Hall–Kier alpha value is -2.80. The van der Waals surface area contributed by atoms with Gasteiger partial charge in [-0.1, -0.05) is 24.3 Å². The summed E-state index contributed by atoms with van der Waals surface area (Å²) in [6.07, 6.45) is 0.975. The average Bonchev–Trinajstić information content (AvgIpc) is 3.00. The Morgan fingerprint density at radius 1 is 0.862 bits per heavy atom. The lowest BCUT2D eigenvalue weighted by atomic mass is 10.1. The molecule has 0 saturated carbocycles. The van der Waals surface area contributed by atoms with E-state index < -0.39 is 0 Å². The molecular formula is C23H24N4OS. The molecule has 1 amide bonds. The first-order valence-corrected chi connectivity index (χ1v) is 10.9. The van der Waals surface area contributed by atoms with Crippen LogP contribution in [0.15, 0.2) is 48.5 Å². The highest BCUT2D eigenvalue weighted by atomic mass is 32.2. The van der Waals surface area contributed by atoms with E-state index in [1.165, 1.54) is 5.56 Å². The van der Waals surface area contributed by atoms with Crippen molar-refractivity contribution in [1.82, 2.24) is 9.80 Å². The zero-order chi connectivity index (χ0) is 20.5. The van der Waals surface area contributed by atoms with Crippen molar-refractivity contribution in [3.63, 3.8) is 0 Å². The van der Waals surface area contributed by atoms with Gasteiger partial charge >= 0.3 is 0 Å². The Bertz CT molecular complexity index is 896. The number of nitrogens with zero attached hydrogens (tertiary/aromatic N) is 4. The summed E-state index contributed by atoms with van der Waals surface area (Å²) in [5.41, 5.74) is 3.66. The SMILES string of the molecule is N#Cc1ccc(CSCC(=O)N2CCCN(Cc3ccc(C#N)cc3)CC2)cc1. The summed E-state index contributed by atoms with van der Waals surface area (Å²) in [7, 11) is 0. The molecule has 1 heterocycles. The predicted molar refractivity (Wildman–Crippen MR) is 115 cm³/mol. The normalized spacial score (nSPS) is 14.6. The van der Waals surface area contributed by atoms with E-state index in [9.17, 15) is 4.79 Å². The summed E-state index contributed by atoms with van der Waals surface area (Å²) in [4.78, 5) is 16.9. The van der Waals surface area contributed by atoms with Gasteiger partial charge in [0, 0.05) is 38.5 Å². The first kappa shape index (κ1) is 20.9. The Morgan fingerprint density at radius 3 is 2.10 bits per heavy atom. The summed E-state index contributed by atoms with van der Waals surface area (Å²) >= 11 is 1.62. The molecule has 148 valence electrons. The molecule has 0 atom stereocenters. The fourth-order valence-corrected chi connectivity index (χ4v) is 4.23. The molecule has 0 bridgehead atoms. The number of hydrogen-bond donors (Lipinski definition) is 0. The van der Waals surface area contributed by atoms with Crippen LogP contribution >= 0.6 is 11.8 Å². The van der Waals surface area contributed by atoms with Gasteiger partial charge in [-0.15, -0.1) is 11.8 Å². The highest BCUT2D eigenvalue weighted by Crippen LogP contribution is 2.15. The minimum Gasteiger partial charge on any atom is -0.341 e. The minimum atomic E-state index is 0.198. The average molecular weight is 405 g/mol. The van der Waals surface area contributed by atoms with Crippen LogP contribution < -0.4 is 0 Å². The number of nitriles is 2. The number of hydrogen-bond acceptors (Lipinski definition) is 5. The summed E-state index contributed by atoms with van der Waals surface area (Å²) < 4.78 is 0. The zero-order valence-electron chi connectivity index (χ0n) is 16.4. The molecule has 0 radical (unpaired) electrons. The predicted octanol–water partition coefficient (Wildman–Crippen LogP) is 3.40. The maximum absolute atomic E-state index is 12.6. The number of carbonyl (C=O) groups is 1. The van der Waals surface area contributed by atoms with Gasteiger partial charge in [0.2, 0.25) is 5.91 Å². The van der Waals surface area contributed by atoms with Gasteiger partial charge < -0.3 is 4.90 Å². The van der Waals surface area contributed by atoms with Crippen molar-refractivity contribution in [2.75, 3.05) is 31.9 Å². The molecule has 5 nitrogen and oxygen atoms in total. The van der Waals surface area contributed by atoms with E-state index in [1.54, 1.807) is 11.8 Å². The molecule has 1 aliphatic rings. The molecule has 2 aromatic carbocycles. The van der Waals surface area contributed by atoms with Crippen molar-refractivity contribution in [2.45, 2.75) is 18.7 Å². The van der Waals surface area contributed by atoms with E-state index in [4.69, 9.17) is 10.5 Å². The Kier molecular flexibility index (Phi) is 7.69. The van der Waals surface area contributed by atoms with Crippen LogP contribution in [0.3, 0.4) is 0 Å². The summed E-state index contributed by atoms with van der Waals surface area (Å²) in [5, 5.41) is 17.8. The van der Waals surface area contributed by atoms with Gasteiger partial charge in [0.15, 0.2) is 0 Å². The van der Waals surface area contributed by atoms with Crippen LogP contribution in [-0.4, -0.2) is 47.6 Å². The van der Waals surface area contributed by atoms with Crippen LogP contribution in [0.1, 0.15) is 28.7 Å². The zero-order valence-corrected chi connectivity index (χ0v) is 17.2. The molecule has 0 N–H and O–H groups in total. The van der Waals surface area contributed by atoms with Crippen molar-refractivity contribution < 1.29 is 4.79 Å². The van der Waals surface area contributed by atoms with Gasteiger partial charge in [-0.05, 0) is 41.8 Å². The molecule has 6 heteroatoms. The number of rotatable bonds is 6. The quantitative estimate of drug-likeness (QED) is 0.738. The first-order chi connectivity index (χ1) is 14.2. The topological polar surface area (TPSA) is 71.1 Å². The van der Waals surface area contributed by atoms with E-state index in [2.05, 4.69) is 17.0 Å². The van der Waals surface area contributed by atoms with Gasteiger partial charge in [-0.25, -0.2) is 0 Å². The van der Waals surface area contributed by atoms with Crippen LogP contribution in [-0.2, 0) is 17.1 Å². The van der Waals surface area contributed by atoms with Crippen molar-refractivity contribution in [1.29, 1.82) is 10.5 Å². The molecule has 2 aromatic rings. The lowest BCUT2D eigenvalue weighted by Crippen LogP contribution is -2.36. The van der Waals surface area contributed by atoms with E-state index in [-0.39, 0.29) is 5.91 Å². The molecule has 1 aliphatic heterocycles. The highest BCUT2D eigenvalue weighted by Gasteiger charge is 2.19. The first-order valence-electron chi connectivity index (χ1n) is 9.74. The number of thioether (sulfide) groups is 1. The summed E-state index contributed by atoms with van der Waals surface area (Å²) in [6, 6.07) is 19.5. The van der Waals surface area contributed by atoms with Crippen LogP contribution in [0.2, 0.25) is 0 Å². The highest BCUT2D eigenvalue weighted by molar-refractivity contribution is 7.99. The van der Waals surface area contributed by atoms with Gasteiger partial charge in [0.05, 0.1) is 29.0 Å². The fraction of sp³-hybridized carbons (Fsp3) is 0.348. The maximum Gasteiger partial charge on any atom is 0.232 e. The number of amides is 1. The monoisotopic (exact) mass is 404 g/mol. The largest absolute Gasteiger partial charge is 0.341 e. The Labute approximate surface area is 176 Å². The van der Waals surface area contributed by atoms with Gasteiger partial charge in [-0.2, -0.15) is 10.5 Å². The van der Waals surface area contributed by atoms with Gasteiger partial charge in [-0.3, -0.25) is 9.69 Å². The molecule has 3 rings (SSSR count). The summed E-state index contributed by atoms with van der Waals surface area (Å²) in [6.45, 7) is 4.25. The Balaban J connectivity index is 1.42. The van der Waals surface area contributed by atoms with Crippen LogP contribution in [0, 0.1) is 22.7 Å². The minimum absolute atomic E-state index is 0.198. The number of benzene rings is 2. The molecule has 1 fully saturated rings. The van der Waals surface area contributed by atoms with Crippen LogP contribution in [0.5, 0.6) is 0 Å². The fourth-order valence-electron chi connectivity index (χ4n) is 3.34. The van der Waals surface area contributed by atoms with Crippen LogP contribution in [0.25, 0.3) is 0 Å². The lowest BCUT2D eigenvalue weighted by Gasteiger charge is -2.22. The lowest BCUT2D eigenvalue weighted by molar-refractivity contribution is -0.128. The second kappa shape index (κ2) is 10.7. The third-order valence-electron chi connectivity index (χ3n) is 5.01. The standard InChI is InChI=1S/C23H24N4OS/c24-14-19-2-6-21(7-3-19)16-26-10-1-11-27(13-12-26)23(28)18-29-17-22-8-4-20(15-25)5-9-22/h2-9H,1,10-13,16-18H2. The maximum atomic E-state index is 12.6. The molecule has 0 aliphatic carbocycles. The molecular weight excluding hydrogens is 380 g/mol. The molecule has 0 unspecified atom stereocenters. The second-order valence-electron chi connectivity index (χ2n) is 7.12. The molecule has 29 heavy (non-hydrogen) atoms. The summed E-state index contributed by atoms with van der Waals surface area (Å²) in [5.74, 6) is 1.45. The number of carbonyl (C=O) groups excluding carboxylic acids is 1. The second-order valence-corrected chi connectivity index (χ2v) is 8.11. The molecule has 1 saturated heterocycles. The molecule has 0 aromatic heterocycles. The smallest absolute Gasteiger partial charge is 0.232 e. The van der Waals surface area contributed by atoms with E-state index in [0.717, 1.165) is 50.5 Å². The van der Waals surface area contributed by atoms with E-state index in [0.29, 0.717) is 16.9 Å². The molecule has 0 spiro atoms. The van der Waals surface area contributed by atoms with Crippen molar-refractivity contribution in [3.05, 3.63) is 70.8 Å². The van der Waals surface area contributed by atoms with Crippen LogP contribution in [0.4, 0.5) is 0 Å². The third kappa shape index (κ3) is 6.35. The third-order valence-corrected chi connectivity index (χ3v) is 6.00. The van der Waals surface area contributed by atoms with Gasteiger partial charge in [0.25, 0.3) is 0 Å². The van der Waals surface area contributed by atoms with Crippen molar-refractivity contribution in [2.24, 2.45) is 0 Å². The van der Waals surface area contributed by atoms with Crippen molar-refractivity contribution >= 4 is 17.7 Å².